The summed E-state index contributed by atoms with van der Waals surface area (Å²) in [7, 11) is 0. The molecule has 0 spiro atoms. The molecule has 0 radical (unpaired) electrons. The molecule has 0 saturated heterocycles. The van der Waals surface area contributed by atoms with Gasteiger partial charge in [-0.15, -0.1) is 0 Å². The van der Waals surface area contributed by atoms with Crippen LogP contribution in [0.5, 0.6) is 11.5 Å². The highest BCUT2D eigenvalue weighted by Gasteiger charge is 2.16. The van der Waals surface area contributed by atoms with Crippen molar-refractivity contribution in [2.24, 2.45) is 0 Å². The number of nitro benzene ring substituents is 1. The Morgan fingerprint density at radius 1 is 1.17 bits per heavy atom. The zero-order valence-corrected chi connectivity index (χ0v) is 15.0. The number of benzene rings is 2. The fraction of sp³-hybridized carbons (Fsp3) is 0.211. The SMILES string of the molecule is N#Cc1cc([N+](=O)[O-])ccc1NC(=O)COC(=O)Cc1ccc2c(c1)OCCO2. The van der Waals surface area contributed by atoms with Gasteiger partial charge in [-0.25, -0.2) is 0 Å². The van der Waals surface area contributed by atoms with E-state index in [-0.39, 0.29) is 23.4 Å². The molecule has 2 aromatic carbocycles. The minimum Gasteiger partial charge on any atom is -0.486 e. The molecule has 148 valence electrons. The first-order valence-corrected chi connectivity index (χ1v) is 8.49. The third-order valence-corrected chi connectivity index (χ3v) is 3.93. The van der Waals surface area contributed by atoms with Gasteiger partial charge in [0.1, 0.15) is 19.3 Å². The Morgan fingerprint density at radius 3 is 2.66 bits per heavy atom. The number of nitrogens with one attached hydrogen (secondary N) is 1. The highest BCUT2D eigenvalue weighted by molar-refractivity contribution is 5.94. The Bertz CT molecular complexity index is 1010. The molecule has 0 atom stereocenters. The number of nitro groups is 1. The van der Waals surface area contributed by atoms with Crippen molar-refractivity contribution in [1.82, 2.24) is 0 Å². The van der Waals surface area contributed by atoms with Gasteiger partial charge in [0, 0.05) is 12.1 Å². The van der Waals surface area contributed by atoms with E-state index in [9.17, 15) is 19.7 Å². The summed E-state index contributed by atoms with van der Waals surface area (Å²) >= 11 is 0. The molecule has 0 saturated carbocycles. The number of ether oxygens (including phenoxy) is 3. The van der Waals surface area contributed by atoms with E-state index in [1.165, 1.54) is 6.07 Å². The minimum atomic E-state index is -0.675. The number of esters is 1. The maximum atomic E-state index is 12.0. The van der Waals surface area contributed by atoms with Crippen molar-refractivity contribution < 1.29 is 28.7 Å². The van der Waals surface area contributed by atoms with Crippen LogP contribution >= 0.6 is 0 Å². The summed E-state index contributed by atoms with van der Waals surface area (Å²) in [5.74, 6) is -0.155. The smallest absolute Gasteiger partial charge is 0.310 e. The number of anilines is 1. The van der Waals surface area contributed by atoms with E-state index in [4.69, 9.17) is 19.5 Å². The molecule has 1 heterocycles. The molecule has 0 bridgehead atoms. The Morgan fingerprint density at radius 2 is 1.93 bits per heavy atom. The van der Waals surface area contributed by atoms with Gasteiger partial charge >= 0.3 is 5.97 Å². The van der Waals surface area contributed by atoms with Gasteiger partial charge in [-0.05, 0) is 23.8 Å². The van der Waals surface area contributed by atoms with Crippen molar-refractivity contribution in [2.75, 3.05) is 25.1 Å². The topological polar surface area (TPSA) is 141 Å². The number of rotatable bonds is 6. The Kier molecular flexibility index (Phi) is 5.89. The molecule has 1 aliphatic rings. The lowest BCUT2D eigenvalue weighted by Crippen LogP contribution is -2.22. The van der Waals surface area contributed by atoms with E-state index < -0.39 is 23.4 Å². The van der Waals surface area contributed by atoms with Crippen LogP contribution in [0.15, 0.2) is 36.4 Å². The van der Waals surface area contributed by atoms with Crippen LogP contribution in [0, 0.1) is 21.4 Å². The summed E-state index contributed by atoms with van der Waals surface area (Å²) in [4.78, 5) is 34.1. The van der Waals surface area contributed by atoms with Crippen molar-refractivity contribution in [3.05, 3.63) is 57.6 Å². The molecular weight excluding hydrogens is 382 g/mol. The van der Waals surface area contributed by atoms with Gasteiger partial charge < -0.3 is 19.5 Å². The molecule has 10 nitrogen and oxygen atoms in total. The second kappa shape index (κ2) is 8.71. The van der Waals surface area contributed by atoms with Gasteiger partial charge in [-0.1, -0.05) is 6.07 Å². The summed E-state index contributed by atoms with van der Waals surface area (Å²) in [5.41, 5.74) is 0.383. The standard InChI is InChI=1S/C19H15N3O7/c20-10-13-9-14(22(25)26)2-3-15(13)21-18(23)11-29-19(24)8-12-1-4-16-17(7-12)28-6-5-27-16/h1-4,7,9H,5-6,8,11H2,(H,21,23). The lowest BCUT2D eigenvalue weighted by Gasteiger charge is -2.18. The van der Waals surface area contributed by atoms with Crippen LogP contribution in [-0.2, 0) is 20.7 Å². The van der Waals surface area contributed by atoms with Crippen LogP contribution in [0.1, 0.15) is 11.1 Å². The summed E-state index contributed by atoms with van der Waals surface area (Å²) in [6.07, 6.45) is -0.0646. The predicted octanol–water partition coefficient (Wildman–Crippen LogP) is 1.96. The van der Waals surface area contributed by atoms with E-state index in [0.717, 1.165) is 12.1 Å². The zero-order chi connectivity index (χ0) is 20.8. The first kappa shape index (κ1) is 19.6. The maximum Gasteiger partial charge on any atom is 0.310 e. The Balaban J connectivity index is 1.53. The van der Waals surface area contributed by atoms with E-state index in [0.29, 0.717) is 30.3 Å². The number of amides is 1. The predicted molar refractivity (Wildman–Crippen MR) is 98.5 cm³/mol. The van der Waals surface area contributed by atoms with E-state index in [2.05, 4.69) is 5.32 Å². The lowest BCUT2D eigenvalue weighted by molar-refractivity contribution is -0.384. The summed E-state index contributed by atoms with van der Waals surface area (Å²) in [6.45, 7) is 0.325. The van der Waals surface area contributed by atoms with Gasteiger partial charge in [0.05, 0.1) is 22.6 Å². The number of carbonyl (C=O) groups is 2. The third kappa shape index (κ3) is 4.98. The fourth-order valence-corrected chi connectivity index (χ4v) is 2.60. The molecular formula is C19H15N3O7. The average molecular weight is 397 g/mol. The molecule has 0 aromatic heterocycles. The first-order valence-electron chi connectivity index (χ1n) is 8.49. The quantitative estimate of drug-likeness (QED) is 0.443. The van der Waals surface area contributed by atoms with Crippen molar-refractivity contribution in [3.63, 3.8) is 0 Å². The number of hydrogen-bond donors (Lipinski definition) is 1. The summed E-state index contributed by atoms with van der Waals surface area (Å²) < 4.78 is 15.8. The fourth-order valence-electron chi connectivity index (χ4n) is 2.60. The number of nitriles is 1. The molecule has 1 aliphatic heterocycles. The number of non-ortho nitro benzene ring substituents is 1. The van der Waals surface area contributed by atoms with E-state index in [1.807, 2.05) is 0 Å². The van der Waals surface area contributed by atoms with Crippen LogP contribution < -0.4 is 14.8 Å². The van der Waals surface area contributed by atoms with Crippen LogP contribution in [0.25, 0.3) is 0 Å². The van der Waals surface area contributed by atoms with Gasteiger partial charge in [-0.3, -0.25) is 19.7 Å². The van der Waals surface area contributed by atoms with Crippen LogP contribution in [0.4, 0.5) is 11.4 Å². The van der Waals surface area contributed by atoms with Crippen molar-refractivity contribution in [1.29, 1.82) is 5.26 Å². The highest BCUT2D eigenvalue weighted by atomic mass is 16.6. The van der Waals surface area contributed by atoms with Gasteiger partial charge in [-0.2, -0.15) is 5.26 Å². The molecule has 2 aromatic rings. The number of hydrogen-bond acceptors (Lipinski definition) is 8. The van der Waals surface area contributed by atoms with Crippen LogP contribution in [0.2, 0.25) is 0 Å². The normalized spacial score (nSPS) is 11.8. The number of carbonyl (C=O) groups excluding carboxylic acids is 2. The Labute approximate surface area is 164 Å². The number of fused-ring (bicyclic) bond motifs is 1. The summed E-state index contributed by atoms with van der Waals surface area (Å²) in [5, 5.41) is 22.2. The first-order chi connectivity index (χ1) is 14.0. The second-order valence-corrected chi connectivity index (χ2v) is 5.96. The van der Waals surface area contributed by atoms with E-state index in [1.54, 1.807) is 24.3 Å². The molecule has 0 unspecified atom stereocenters. The molecule has 10 heteroatoms. The third-order valence-electron chi connectivity index (χ3n) is 3.93. The maximum absolute atomic E-state index is 12.0. The molecule has 0 fully saturated rings. The highest BCUT2D eigenvalue weighted by Crippen LogP contribution is 2.30. The van der Waals surface area contributed by atoms with Crippen molar-refractivity contribution >= 4 is 23.3 Å². The largest absolute Gasteiger partial charge is 0.486 e. The van der Waals surface area contributed by atoms with Gasteiger partial charge in [0.15, 0.2) is 18.1 Å². The van der Waals surface area contributed by atoms with Crippen molar-refractivity contribution in [3.8, 4) is 17.6 Å². The molecule has 0 aliphatic carbocycles. The van der Waals surface area contributed by atoms with E-state index >= 15 is 0 Å². The minimum absolute atomic E-state index is 0.0646. The monoisotopic (exact) mass is 397 g/mol. The Hall–Kier alpha value is -4.13. The van der Waals surface area contributed by atoms with Gasteiger partial charge in [0.25, 0.3) is 11.6 Å². The lowest BCUT2D eigenvalue weighted by atomic mass is 10.1. The van der Waals surface area contributed by atoms with Crippen LogP contribution in [-0.4, -0.2) is 36.6 Å². The van der Waals surface area contributed by atoms with Crippen molar-refractivity contribution in [2.45, 2.75) is 6.42 Å². The molecule has 1 amide bonds. The molecule has 1 N–H and O–H groups in total. The summed E-state index contributed by atoms with van der Waals surface area (Å²) in [6, 6.07) is 10.3. The zero-order valence-electron chi connectivity index (χ0n) is 15.0. The number of nitrogens with zero attached hydrogens (tertiary/aromatic N) is 2. The van der Waals surface area contributed by atoms with Crippen LogP contribution in [0.3, 0.4) is 0 Å². The average Bonchev–Trinajstić information content (AvgIpc) is 2.72. The molecule has 3 rings (SSSR count). The molecule has 29 heavy (non-hydrogen) atoms. The second-order valence-electron chi connectivity index (χ2n) is 5.96. The van der Waals surface area contributed by atoms with Gasteiger partial charge in [0.2, 0.25) is 0 Å².